The summed E-state index contributed by atoms with van der Waals surface area (Å²) in [4.78, 5) is 27.4. The molecule has 1 aliphatic rings. The van der Waals surface area contributed by atoms with Gasteiger partial charge in [0.05, 0.1) is 5.56 Å². The van der Waals surface area contributed by atoms with Gasteiger partial charge >= 0.3 is 5.97 Å². The van der Waals surface area contributed by atoms with E-state index < -0.39 is 5.97 Å². The van der Waals surface area contributed by atoms with E-state index in [1.807, 2.05) is 33.0 Å². The summed E-state index contributed by atoms with van der Waals surface area (Å²) in [6.07, 6.45) is 0.698. The van der Waals surface area contributed by atoms with Crippen molar-refractivity contribution in [3.63, 3.8) is 0 Å². The van der Waals surface area contributed by atoms with Gasteiger partial charge in [-0.1, -0.05) is 6.07 Å². The number of carboxylic acid groups (broad SMARTS) is 1. The highest BCUT2D eigenvalue weighted by Gasteiger charge is 2.27. The van der Waals surface area contributed by atoms with Gasteiger partial charge < -0.3 is 15.3 Å². The van der Waals surface area contributed by atoms with Gasteiger partial charge in [-0.2, -0.15) is 0 Å². The molecule has 1 aliphatic heterocycles. The van der Waals surface area contributed by atoms with E-state index in [2.05, 4.69) is 10.2 Å². The van der Waals surface area contributed by atoms with Crippen LogP contribution >= 0.6 is 11.3 Å². The fraction of sp³-hybridized carbons (Fsp3) is 0.333. The first kappa shape index (κ1) is 16.7. The zero-order chi connectivity index (χ0) is 17.4. The first-order chi connectivity index (χ1) is 11.4. The van der Waals surface area contributed by atoms with Crippen molar-refractivity contribution in [2.24, 2.45) is 0 Å². The second-order valence-electron chi connectivity index (χ2n) is 6.25. The summed E-state index contributed by atoms with van der Waals surface area (Å²) >= 11 is 1.37. The van der Waals surface area contributed by atoms with Gasteiger partial charge in [-0.3, -0.25) is 4.79 Å². The minimum absolute atomic E-state index is 0.250. The minimum atomic E-state index is -0.979. The Balaban J connectivity index is 1.93. The molecule has 6 heteroatoms. The molecule has 0 radical (unpaired) electrons. The number of rotatable bonds is 3. The molecule has 0 saturated carbocycles. The number of aryl methyl sites for hydroxylation is 2. The lowest BCUT2D eigenvalue weighted by Gasteiger charge is -2.22. The number of carboxylic acids is 1. The van der Waals surface area contributed by atoms with Gasteiger partial charge in [-0.05, 0) is 56.1 Å². The van der Waals surface area contributed by atoms with E-state index in [1.54, 1.807) is 6.07 Å². The predicted molar refractivity (Wildman–Crippen MR) is 95.2 cm³/mol. The number of hydrogen-bond donors (Lipinski definition) is 2. The largest absolute Gasteiger partial charge is 0.478 e. The van der Waals surface area contributed by atoms with Crippen LogP contribution in [0.2, 0.25) is 0 Å². The lowest BCUT2D eigenvalue weighted by atomic mass is 10.0. The SMILES string of the molecule is Cc1ccc(C(=O)Nc2sc3c(c2C(=O)O)CCN(C)C3)cc1C. The molecule has 1 aromatic carbocycles. The number of likely N-dealkylation sites (N-methyl/N-ethyl adjacent to an activating group) is 1. The van der Waals surface area contributed by atoms with E-state index in [0.29, 0.717) is 17.0 Å². The molecule has 0 aliphatic carbocycles. The lowest BCUT2D eigenvalue weighted by molar-refractivity contribution is 0.0696. The third-order valence-electron chi connectivity index (χ3n) is 4.46. The van der Waals surface area contributed by atoms with E-state index in [1.165, 1.54) is 11.3 Å². The van der Waals surface area contributed by atoms with Crippen molar-refractivity contribution in [3.8, 4) is 0 Å². The summed E-state index contributed by atoms with van der Waals surface area (Å²) in [5.74, 6) is -1.25. The highest BCUT2D eigenvalue weighted by Crippen LogP contribution is 2.37. The second-order valence-corrected chi connectivity index (χ2v) is 7.36. The van der Waals surface area contributed by atoms with Crippen LogP contribution in [0, 0.1) is 13.8 Å². The van der Waals surface area contributed by atoms with E-state index >= 15 is 0 Å². The van der Waals surface area contributed by atoms with Crippen molar-refractivity contribution in [3.05, 3.63) is 50.9 Å². The maximum atomic E-state index is 12.5. The number of anilines is 1. The predicted octanol–water partition coefficient (Wildman–Crippen LogP) is 3.30. The molecule has 1 amide bonds. The standard InChI is InChI=1S/C18H20N2O3S/c1-10-4-5-12(8-11(10)2)16(21)19-17-15(18(22)23)13-6-7-20(3)9-14(13)24-17/h4-5,8H,6-7,9H2,1-3H3,(H,19,21)(H,22,23). The number of carbonyl (C=O) groups excluding carboxylic acids is 1. The second kappa shape index (κ2) is 6.37. The van der Waals surface area contributed by atoms with Gasteiger partial charge in [-0.25, -0.2) is 4.79 Å². The lowest BCUT2D eigenvalue weighted by Crippen LogP contribution is -2.26. The number of carbonyl (C=O) groups is 2. The maximum Gasteiger partial charge on any atom is 0.339 e. The van der Waals surface area contributed by atoms with E-state index in [9.17, 15) is 14.7 Å². The number of nitrogens with zero attached hydrogens (tertiary/aromatic N) is 1. The summed E-state index contributed by atoms with van der Waals surface area (Å²) in [6.45, 7) is 5.49. The normalized spacial score (nSPS) is 14.3. The van der Waals surface area contributed by atoms with Gasteiger partial charge in [0.25, 0.3) is 5.91 Å². The van der Waals surface area contributed by atoms with Crippen LogP contribution in [0.3, 0.4) is 0 Å². The van der Waals surface area contributed by atoms with Crippen molar-refractivity contribution in [2.75, 3.05) is 18.9 Å². The van der Waals surface area contributed by atoms with Crippen LogP contribution < -0.4 is 5.32 Å². The average Bonchev–Trinajstić information content (AvgIpc) is 2.86. The summed E-state index contributed by atoms with van der Waals surface area (Å²) < 4.78 is 0. The minimum Gasteiger partial charge on any atom is -0.478 e. The number of hydrogen-bond acceptors (Lipinski definition) is 4. The molecule has 0 atom stereocenters. The molecule has 2 N–H and O–H groups in total. The number of amides is 1. The van der Waals surface area contributed by atoms with Gasteiger partial charge in [0.1, 0.15) is 5.00 Å². The van der Waals surface area contributed by atoms with Crippen molar-refractivity contribution in [1.29, 1.82) is 0 Å². The van der Waals surface area contributed by atoms with Crippen LogP contribution in [-0.2, 0) is 13.0 Å². The fourth-order valence-electron chi connectivity index (χ4n) is 2.90. The van der Waals surface area contributed by atoms with Crippen LogP contribution in [-0.4, -0.2) is 35.5 Å². The Hall–Kier alpha value is -2.18. The Kier molecular flexibility index (Phi) is 4.43. The molecule has 2 heterocycles. The third-order valence-corrected chi connectivity index (χ3v) is 5.59. The molecule has 5 nitrogen and oxygen atoms in total. The zero-order valence-electron chi connectivity index (χ0n) is 14.0. The molecule has 126 valence electrons. The molecule has 0 unspecified atom stereocenters. The average molecular weight is 344 g/mol. The molecule has 0 bridgehead atoms. The van der Waals surface area contributed by atoms with Gasteiger partial charge in [0.15, 0.2) is 0 Å². The first-order valence-electron chi connectivity index (χ1n) is 7.81. The summed E-state index contributed by atoms with van der Waals surface area (Å²) in [5.41, 5.74) is 3.81. The third kappa shape index (κ3) is 3.07. The number of aromatic carboxylic acids is 1. The van der Waals surface area contributed by atoms with Crippen molar-refractivity contribution >= 4 is 28.2 Å². The van der Waals surface area contributed by atoms with E-state index in [4.69, 9.17) is 0 Å². The topological polar surface area (TPSA) is 69.6 Å². The Morgan fingerprint density at radius 2 is 2.00 bits per heavy atom. The molecular weight excluding hydrogens is 324 g/mol. The van der Waals surface area contributed by atoms with Crippen LogP contribution in [0.1, 0.15) is 42.3 Å². The maximum absolute atomic E-state index is 12.5. The molecule has 1 aromatic heterocycles. The van der Waals surface area contributed by atoms with Crippen LogP contribution in [0.4, 0.5) is 5.00 Å². The Morgan fingerprint density at radius 1 is 1.25 bits per heavy atom. The zero-order valence-corrected chi connectivity index (χ0v) is 14.8. The number of benzene rings is 1. The fourth-order valence-corrected chi connectivity index (χ4v) is 4.22. The van der Waals surface area contributed by atoms with Crippen LogP contribution in [0.15, 0.2) is 18.2 Å². The first-order valence-corrected chi connectivity index (χ1v) is 8.63. The van der Waals surface area contributed by atoms with Crippen LogP contribution in [0.5, 0.6) is 0 Å². The monoisotopic (exact) mass is 344 g/mol. The van der Waals surface area contributed by atoms with Gasteiger partial charge in [0.2, 0.25) is 0 Å². The molecule has 3 rings (SSSR count). The molecule has 0 saturated heterocycles. The molecule has 0 spiro atoms. The molecule has 24 heavy (non-hydrogen) atoms. The smallest absolute Gasteiger partial charge is 0.339 e. The quantitative estimate of drug-likeness (QED) is 0.896. The van der Waals surface area contributed by atoms with E-state index in [-0.39, 0.29) is 11.5 Å². The molecule has 0 fully saturated rings. The number of nitrogens with one attached hydrogen (secondary N) is 1. The van der Waals surface area contributed by atoms with Gasteiger partial charge in [0, 0.05) is 23.5 Å². The van der Waals surface area contributed by atoms with Crippen LogP contribution in [0.25, 0.3) is 0 Å². The van der Waals surface area contributed by atoms with Crippen molar-refractivity contribution in [1.82, 2.24) is 4.90 Å². The molecule has 2 aromatic rings. The van der Waals surface area contributed by atoms with Crippen molar-refractivity contribution < 1.29 is 14.7 Å². The summed E-state index contributed by atoms with van der Waals surface area (Å²) in [7, 11) is 2.01. The van der Waals surface area contributed by atoms with E-state index in [0.717, 1.165) is 34.7 Å². The number of fused-ring (bicyclic) bond motifs is 1. The Morgan fingerprint density at radius 3 is 2.67 bits per heavy atom. The highest BCUT2D eigenvalue weighted by molar-refractivity contribution is 7.17. The van der Waals surface area contributed by atoms with Crippen molar-refractivity contribution in [2.45, 2.75) is 26.8 Å². The summed E-state index contributed by atoms with van der Waals surface area (Å²) in [6, 6.07) is 5.49. The highest BCUT2D eigenvalue weighted by atomic mass is 32.1. The molecular formula is C18H20N2O3S. The summed E-state index contributed by atoms with van der Waals surface area (Å²) in [5, 5.41) is 12.8. The Bertz CT molecular complexity index is 826. The Labute approximate surface area is 144 Å². The van der Waals surface area contributed by atoms with Gasteiger partial charge in [-0.15, -0.1) is 11.3 Å². The number of thiophene rings is 1.